The van der Waals surface area contributed by atoms with E-state index in [4.69, 9.17) is 14.2 Å². The van der Waals surface area contributed by atoms with E-state index < -0.39 is 36.5 Å². The maximum Gasteiger partial charge on any atom is 0.329 e. The summed E-state index contributed by atoms with van der Waals surface area (Å²) in [4.78, 5) is 49.3. The van der Waals surface area contributed by atoms with Gasteiger partial charge in [0, 0.05) is 17.3 Å². The Hall–Kier alpha value is -3.73. The van der Waals surface area contributed by atoms with Crippen LogP contribution >= 0.6 is 11.8 Å². The van der Waals surface area contributed by atoms with Crippen molar-refractivity contribution in [2.45, 2.75) is 19.4 Å². The quantitative estimate of drug-likeness (QED) is 0.447. The fourth-order valence-electron chi connectivity index (χ4n) is 3.20. The molecule has 0 aliphatic carbocycles. The molecule has 4 amide bonds. The number of rotatable bonds is 9. The van der Waals surface area contributed by atoms with Crippen molar-refractivity contribution in [1.82, 2.24) is 10.6 Å². The van der Waals surface area contributed by atoms with E-state index in [0.29, 0.717) is 48.1 Å². The summed E-state index contributed by atoms with van der Waals surface area (Å²) >= 11 is 1.51. The summed E-state index contributed by atoms with van der Waals surface area (Å²) in [7, 11) is 0. The molecule has 2 aromatic carbocycles. The van der Waals surface area contributed by atoms with Crippen molar-refractivity contribution >= 4 is 41.3 Å². The lowest BCUT2D eigenvalue weighted by Gasteiger charge is -2.19. The van der Waals surface area contributed by atoms with Gasteiger partial charge in [0.1, 0.15) is 19.3 Å². The standard InChI is InChI=1S/C24H27N3O7S/c1-15-4-3-5-16(12-15)22(29)26-18(8-11-35-2)23(30)34-14-21(28)27-24(31)25-17-6-7-19-20(13-17)33-10-9-32-19/h3-7,12-13,18H,8-11,14H2,1-2H3,(H,26,29)(H2,25,27,28,31)/t18-/m0/s1. The highest BCUT2D eigenvalue weighted by Gasteiger charge is 2.24. The maximum atomic E-state index is 12.5. The number of thioether (sulfide) groups is 1. The molecule has 10 nitrogen and oxygen atoms in total. The first-order chi connectivity index (χ1) is 16.9. The molecule has 0 unspecified atom stereocenters. The second-order valence-electron chi connectivity index (χ2n) is 7.65. The number of hydrogen-bond acceptors (Lipinski definition) is 8. The van der Waals surface area contributed by atoms with Crippen LogP contribution in [0, 0.1) is 6.92 Å². The molecule has 1 atom stereocenters. The minimum absolute atomic E-state index is 0.323. The van der Waals surface area contributed by atoms with E-state index in [1.165, 1.54) is 11.8 Å². The lowest BCUT2D eigenvalue weighted by molar-refractivity contribution is -0.150. The van der Waals surface area contributed by atoms with Gasteiger partial charge in [-0.1, -0.05) is 17.7 Å². The van der Waals surface area contributed by atoms with Gasteiger partial charge >= 0.3 is 12.0 Å². The van der Waals surface area contributed by atoms with Crippen molar-refractivity contribution < 1.29 is 33.4 Å². The number of esters is 1. The summed E-state index contributed by atoms with van der Waals surface area (Å²) in [5.74, 6) is -0.351. The number of carbonyl (C=O) groups is 4. The van der Waals surface area contributed by atoms with E-state index in [0.717, 1.165) is 5.56 Å². The number of imide groups is 1. The van der Waals surface area contributed by atoms with Gasteiger partial charge in [-0.2, -0.15) is 11.8 Å². The number of anilines is 1. The van der Waals surface area contributed by atoms with Gasteiger partial charge in [-0.3, -0.25) is 14.9 Å². The maximum absolute atomic E-state index is 12.5. The van der Waals surface area contributed by atoms with E-state index in [2.05, 4.69) is 16.0 Å². The van der Waals surface area contributed by atoms with Crippen LogP contribution in [0.5, 0.6) is 11.5 Å². The van der Waals surface area contributed by atoms with Crippen molar-refractivity contribution in [2.75, 3.05) is 37.1 Å². The summed E-state index contributed by atoms with van der Waals surface area (Å²) in [6, 6.07) is 10.1. The van der Waals surface area contributed by atoms with Gasteiger partial charge in [0.25, 0.3) is 11.8 Å². The molecule has 0 bridgehead atoms. The number of fused-ring (bicyclic) bond motifs is 1. The van der Waals surface area contributed by atoms with Crippen molar-refractivity contribution in [2.24, 2.45) is 0 Å². The zero-order valence-electron chi connectivity index (χ0n) is 19.4. The van der Waals surface area contributed by atoms with Crippen LogP contribution in [0.4, 0.5) is 10.5 Å². The average Bonchev–Trinajstić information content (AvgIpc) is 2.84. The summed E-state index contributed by atoms with van der Waals surface area (Å²) in [5.41, 5.74) is 1.72. The van der Waals surface area contributed by atoms with E-state index in [-0.39, 0.29) is 0 Å². The molecule has 0 saturated carbocycles. The number of amides is 4. The Bertz CT molecular complexity index is 1090. The van der Waals surface area contributed by atoms with Crippen LogP contribution in [-0.2, 0) is 14.3 Å². The molecule has 186 valence electrons. The zero-order valence-corrected chi connectivity index (χ0v) is 20.2. The average molecular weight is 502 g/mol. The highest BCUT2D eigenvalue weighted by molar-refractivity contribution is 7.98. The van der Waals surface area contributed by atoms with Gasteiger partial charge in [0.05, 0.1) is 0 Å². The third-order valence-corrected chi connectivity index (χ3v) is 5.52. The fraction of sp³-hybridized carbons (Fsp3) is 0.333. The molecule has 35 heavy (non-hydrogen) atoms. The number of urea groups is 1. The van der Waals surface area contributed by atoms with Crippen molar-refractivity contribution in [3.05, 3.63) is 53.6 Å². The minimum Gasteiger partial charge on any atom is -0.486 e. The monoisotopic (exact) mass is 501 g/mol. The van der Waals surface area contributed by atoms with Gasteiger partial charge in [-0.05, 0) is 49.6 Å². The molecule has 0 spiro atoms. The first kappa shape index (κ1) is 25.9. The second kappa shape index (κ2) is 12.7. The van der Waals surface area contributed by atoms with Gasteiger partial charge < -0.3 is 24.8 Å². The molecular weight excluding hydrogens is 474 g/mol. The minimum atomic E-state index is -0.935. The largest absolute Gasteiger partial charge is 0.486 e. The molecule has 0 fully saturated rings. The molecule has 0 aromatic heterocycles. The molecule has 1 aliphatic heterocycles. The van der Waals surface area contributed by atoms with Gasteiger partial charge in [0.15, 0.2) is 18.1 Å². The molecule has 3 N–H and O–H groups in total. The number of ether oxygens (including phenoxy) is 3. The van der Waals surface area contributed by atoms with Crippen LogP contribution in [0.1, 0.15) is 22.3 Å². The Morgan fingerprint density at radius 1 is 1.06 bits per heavy atom. The third-order valence-electron chi connectivity index (χ3n) is 4.88. The second-order valence-corrected chi connectivity index (χ2v) is 8.63. The van der Waals surface area contributed by atoms with Crippen LogP contribution < -0.4 is 25.4 Å². The molecular formula is C24H27N3O7S. The molecule has 0 radical (unpaired) electrons. The van der Waals surface area contributed by atoms with Gasteiger partial charge in [0.2, 0.25) is 0 Å². The summed E-state index contributed by atoms with van der Waals surface area (Å²) in [6.45, 7) is 2.03. The smallest absolute Gasteiger partial charge is 0.329 e. The predicted octanol–water partition coefficient (Wildman–Crippen LogP) is 2.51. The SMILES string of the molecule is CSCC[C@H](NC(=O)c1cccc(C)c1)C(=O)OCC(=O)NC(=O)Nc1ccc2c(c1)OCCO2. The normalized spacial score (nSPS) is 12.7. The van der Waals surface area contributed by atoms with E-state index >= 15 is 0 Å². The molecule has 11 heteroatoms. The summed E-state index contributed by atoms with van der Waals surface area (Å²) in [5, 5.41) is 7.25. The molecule has 1 aliphatic rings. The molecule has 0 saturated heterocycles. The Kier molecular flexibility index (Phi) is 9.36. The topological polar surface area (TPSA) is 132 Å². The molecule has 2 aromatic rings. The van der Waals surface area contributed by atoms with Crippen LogP contribution in [0.25, 0.3) is 0 Å². The van der Waals surface area contributed by atoms with Crippen molar-refractivity contribution in [1.29, 1.82) is 0 Å². The lowest BCUT2D eigenvalue weighted by atomic mass is 10.1. The number of benzene rings is 2. The summed E-state index contributed by atoms with van der Waals surface area (Å²) in [6.07, 6.45) is 2.20. The van der Waals surface area contributed by atoms with E-state index in [1.807, 2.05) is 19.2 Å². The zero-order chi connectivity index (χ0) is 25.2. The lowest BCUT2D eigenvalue weighted by Crippen LogP contribution is -2.44. The number of hydrogen-bond donors (Lipinski definition) is 3. The Labute approximate surface area is 207 Å². The fourth-order valence-corrected chi connectivity index (χ4v) is 3.67. The van der Waals surface area contributed by atoms with E-state index in [9.17, 15) is 19.2 Å². The van der Waals surface area contributed by atoms with E-state index in [1.54, 1.807) is 36.4 Å². The van der Waals surface area contributed by atoms with Crippen molar-refractivity contribution in [3.63, 3.8) is 0 Å². The van der Waals surface area contributed by atoms with Gasteiger partial charge in [-0.25, -0.2) is 9.59 Å². The number of aryl methyl sites for hydroxylation is 1. The Balaban J connectivity index is 1.49. The highest BCUT2D eigenvalue weighted by Crippen LogP contribution is 2.32. The van der Waals surface area contributed by atoms with Crippen LogP contribution in [0.2, 0.25) is 0 Å². The van der Waals surface area contributed by atoms with Crippen LogP contribution in [0.15, 0.2) is 42.5 Å². The molecule has 1 heterocycles. The predicted molar refractivity (Wildman–Crippen MR) is 131 cm³/mol. The Morgan fingerprint density at radius 2 is 1.83 bits per heavy atom. The van der Waals surface area contributed by atoms with Crippen molar-refractivity contribution in [3.8, 4) is 11.5 Å². The summed E-state index contributed by atoms with van der Waals surface area (Å²) < 4.78 is 15.9. The highest BCUT2D eigenvalue weighted by atomic mass is 32.2. The first-order valence-corrected chi connectivity index (χ1v) is 12.3. The Morgan fingerprint density at radius 3 is 2.57 bits per heavy atom. The molecule has 3 rings (SSSR count). The third kappa shape index (κ3) is 7.92. The van der Waals surface area contributed by atoms with Crippen LogP contribution in [-0.4, -0.2) is 61.7 Å². The van der Waals surface area contributed by atoms with Gasteiger partial charge in [-0.15, -0.1) is 0 Å². The first-order valence-electron chi connectivity index (χ1n) is 10.9. The number of carbonyl (C=O) groups excluding carboxylic acids is 4. The van der Waals surface area contributed by atoms with Crippen LogP contribution in [0.3, 0.4) is 0 Å². The number of nitrogens with one attached hydrogen (secondary N) is 3.